The molecule has 3 aromatic rings. The molecule has 0 aliphatic rings. The van der Waals surface area contributed by atoms with Gasteiger partial charge in [0.1, 0.15) is 0 Å². The summed E-state index contributed by atoms with van der Waals surface area (Å²) >= 11 is 0. The molecular weight excluding hydrogens is 376 g/mol. The zero-order valence-electron chi connectivity index (χ0n) is 16.4. The quantitative estimate of drug-likeness (QED) is 0.598. The van der Waals surface area contributed by atoms with Crippen LogP contribution in [0.25, 0.3) is 11.6 Å². The molecule has 2 heterocycles. The number of urea groups is 1. The number of anilines is 1. The van der Waals surface area contributed by atoms with Gasteiger partial charge in [-0.05, 0) is 6.07 Å². The highest BCUT2D eigenvalue weighted by Crippen LogP contribution is 2.39. The van der Waals surface area contributed by atoms with Crippen LogP contribution in [0.1, 0.15) is 0 Å². The number of aromatic nitrogens is 4. The van der Waals surface area contributed by atoms with Gasteiger partial charge in [-0.15, -0.1) is 0 Å². The summed E-state index contributed by atoms with van der Waals surface area (Å²) in [6.07, 6.45) is 6.79. The number of carbonyl (C=O) groups excluding carboxylic acids is 1. The summed E-state index contributed by atoms with van der Waals surface area (Å²) in [5, 5.41) is 5.55. The van der Waals surface area contributed by atoms with Crippen LogP contribution in [0.2, 0.25) is 0 Å². The summed E-state index contributed by atoms with van der Waals surface area (Å²) < 4.78 is 17.7. The second kappa shape index (κ2) is 9.40. The average Bonchev–Trinajstić information content (AvgIpc) is 3.22. The molecule has 0 aliphatic carbocycles. The number of hydrogen-bond donors (Lipinski definition) is 2. The van der Waals surface area contributed by atoms with Gasteiger partial charge in [-0.2, -0.15) is 0 Å². The van der Waals surface area contributed by atoms with Gasteiger partial charge >= 0.3 is 6.03 Å². The molecule has 2 aromatic heterocycles. The third kappa shape index (κ3) is 4.72. The molecular formula is C19H22N6O4. The Balaban J connectivity index is 1.60. The van der Waals surface area contributed by atoms with Crippen LogP contribution in [-0.4, -0.2) is 53.4 Å². The Hall–Kier alpha value is -3.82. The first kappa shape index (κ1) is 19.9. The first-order chi connectivity index (χ1) is 14.2. The smallest absolute Gasteiger partial charge is 0.319 e. The minimum Gasteiger partial charge on any atom is -0.493 e. The molecule has 0 aliphatic heterocycles. The van der Waals surface area contributed by atoms with Crippen LogP contribution in [0.5, 0.6) is 17.2 Å². The Morgan fingerprint density at radius 3 is 2.31 bits per heavy atom. The molecule has 0 spiro atoms. The van der Waals surface area contributed by atoms with Crippen molar-refractivity contribution in [3.63, 3.8) is 0 Å². The van der Waals surface area contributed by atoms with E-state index in [1.807, 2.05) is 10.8 Å². The van der Waals surface area contributed by atoms with Crippen LogP contribution < -0.4 is 24.8 Å². The second-order valence-corrected chi connectivity index (χ2v) is 5.81. The molecule has 1 aromatic carbocycles. The number of carbonyl (C=O) groups is 1. The maximum atomic E-state index is 12.3. The number of ether oxygens (including phenoxy) is 3. The molecule has 152 valence electrons. The molecule has 0 fully saturated rings. The van der Waals surface area contributed by atoms with Crippen LogP contribution in [0.3, 0.4) is 0 Å². The molecule has 0 saturated carbocycles. The fraction of sp³-hybridized carbons (Fsp3) is 0.263. The maximum absolute atomic E-state index is 12.3. The van der Waals surface area contributed by atoms with Gasteiger partial charge < -0.3 is 29.4 Å². The van der Waals surface area contributed by atoms with E-state index in [4.69, 9.17) is 14.2 Å². The van der Waals surface area contributed by atoms with E-state index in [0.29, 0.717) is 47.7 Å². The fourth-order valence-corrected chi connectivity index (χ4v) is 2.73. The lowest BCUT2D eigenvalue weighted by Crippen LogP contribution is -2.31. The van der Waals surface area contributed by atoms with Crippen molar-refractivity contribution in [1.82, 2.24) is 24.8 Å². The SMILES string of the molecule is COc1cc(NC(=O)NCCn2ccnc2-c2ncccn2)cc(OC)c1OC. The summed E-state index contributed by atoms with van der Waals surface area (Å²) in [7, 11) is 4.55. The standard InChI is InChI=1S/C19H22N6O4/c1-27-14-11-13(12-15(28-2)16(14)29-3)24-19(26)23-8-10-25-9-7-22-18(25)17-20-5-4-6-21-17/h4-7,9,11-12H,8,10H2,1-3H3,(H2,23,24,26). The minimum atomic E-state index is -0.364. The van der Waals surface area contributed by atoms with Crippen LogP contribution in [0.15, 0.2) is 43.0 Å². The first-order valence-electron chi connectivity index (χ1n) is 8.79. The number of methoxy groups -OCH3 is 3. The average molecular weight is 398 g/mol. The van der Waals surface area contributed by atoms with Gasteiger partial charge in [0.25, 0.3) is 0 Å². The molecule has 0 saturated heterocycles. The number of nitrogens with zero attached hydrogens (tertiary/aromatic N) is 4. The zero-order valence-corrected chi connectivity index (χ0v) is 16.4. The molecule has 3 rings (SSSR count). The van der Waals surface area contributed by atoms with Crippen LogP contribution >= 0.6 is 0 Å². The summed E-state index contributed by atoms with van der Waals surface area (Å²) in [6.45, 7) is 0.892. The highest BCUT2D eigenvalue weighted by atomic mass is 16.5. The Morgan fingerprint density at radius 2 is 1.69 bits per heavy atom. The third-order valence-corrected chi connectivity index (χ3v) is 4.04. The number of benzene rings is 1. The van der Waals surface area contributed by atoms with Crippen molar-refractivity contribution in [1.29, 1.82) is 0 Å². The predicted octanol–water partition coefficient (Wildman–Crippen LogP) is 2.19. The summed E-state index contributed by atoms with van der Waals surface area (Å²) in [6, 6.07) is 4.69. The van der Waals surface area contributed by atoms with Gasteiger partial charge in [0.05, 0.1) is 27.0 Å². The highest BCUT2D eigenvalue weighted by molar-refractivity contribution is 5.90. The molecule has 0 bridgehead atoms. The van der Waals surface area contributed by atoms with Gasteiger partial charge in [0, 0.05) is 50.0 Å². The lowest BCUT2D eigenvalue weighted by atomic mass is 10.2. The van der Waals surface area contributed by atoms with Gasteiger partial charge in [-0.1, -0.05) is 0 Å². The van der Waals surface area contributed by atoms with Crippen molar-refractivity contribution in [3.8, 4) is 28.9 Å². The fourth-order valence-electron chi connectivity index (χ4n) is 2.73. The molecule has 0 unspecified atom stereocenters. The van der Waals surface area contributed by atoms with Crippen molar-refractivity contribution < 1.29 is 19.0 Å². The molecule has 10 heteroatoms. The Kier molecular flexibility index (Phi) is 6.46. The van der Waals surface area contributed by atoms with Crippen molar-refractivity contribution in [2.75, 3.05) is 33.2 Å². The summed E-state index contributed by atoms with van der Waals surface area (Å²) in [5.41, 5.74) is 0.512. The lowest BCUT2D eigenvalue weighted by molar-refractivity contribution is 0.251. The Labute approximate surface area is 167 Å². The van der Waals surface area contributed by atoms with Gasteiger partial charge in [0.2, 0.25) is 5.75 Å². The molecule has 10 nitrogen and oxygen atoms in total. The number of amides is 2. The van der Waals surface area contributed by atoms with Crippen molar-refractivity contribution in [2.24, 2.45) is 0 Å². The van der Waals surface area contributed by atoms with E-state index in [1.54, 1.807) is 36.8 Å². The van der Waals surface area contributed by atoms with E-state index in [2.05, 4.69) is 25.6 Å². The van der Waals surface area contributed by atoms with Crippen molar-refractivity contribution >= 4 is 11.7 Å². The number of nitrogens with one attached hydrogen (secondary N) is 2. The third-order valence-electron chi connectivity index (χ3n) is 4.04. The lowest BCUT2D eigenvalue weighted by Gasteiger charge is -2.15. The minimum absolute atomic E-state index is 0.364. The van der Waals surface area contributed by atoms with E-state index in [0.717, 1.165) is 0 Å². The normalized spacial score (nSPS) is 10.3. The topological polar surface area (TPSA) is 112 Å². The van der Waals surface area contributed by atoms with E-state index >= 15 is 0 Å². The summed E-state index contributed by atoms with van der Waals surface area (Å²) in [4.78, 5) is 24.9. The van der Waals surface area contributed by atoms with E-state index in [1.165, 1.54) is 21.3 Å². The van der Waals surface area contributed by atoms with Crippen LogP contribution in [0, 0.1) is 0 Å². The number of hydrogen-bond acceptors (Lipinski definition) is 7. The zero-order chi connectivity index (χ0) is 20.6. The monoisotopic (exact) mass is 398 g/mol. The van der Waals surface area contributed by atoms with Crippen LogP contribution in [0.4, 0.5) is 10.5 Å². The van der Waals surface area contributed by atoms with Gasteiger partial charge in [-0.25, -0.2) is 19.7 Å². The summed E-state index contributed by atoms with van der Waals surface area (Å²) in [5.74, 6) is 2.52. The maximum Gasteiger partial charge on any atom is 0.319 e. The van der Waals surface area contributed by atoms with Crippen LogP contribution in [-0.2, 0) is 6.54 Å². The number of rotatable bonds is 8. The molecule has 29 heavy (non-hydrogen) atoms. The predicted molar refractivity (Wildman–Crippen MR) is 106 cm³/mol. The van der Waals surface area contributed by atoms with Crippen molar-refractivity contribution in [2.45, 2.75) is 6.54 Å². The van der Waals surface area contributed by atoms with Gasteiger partial charge in [-0.3, -0.25) is 0 Å². The first-order valence-corrected chi connectivity index (χ1v) is 8.79. The van der Waals surface area contributed by atoms with Gasteiger partial charge in [0.15, 0.2) is 23.1 Å². The molecule has 2 amide bonds. The van der Waals surface area contributed by atoms with E-state index in [-0.39, 0.29) is 6.03 Å². The second-order valence-electron chi connectivity index (χ2n) is 5.81. The molecule has 0 atom stereocenters. The Bertz CT molecular complexity index is 935. The largest absolute Gasteiger partial charge is 0.493 e. The van der Waals surface area contributed by atoms with E-state index < -0.39 is 0 Å². The highest BCUT2D eigenvalue weighted by Gasteiger charge is 2.14. The van der Waals surface area contributed by atoms with Crippen molar-refractivity contribution in [3.05, 3.63) is 43.0 Å². The van der Waals surface area contributed by atoms with E-state index in [9.17, 15) is 4.79 Å². The molecule has 2 N–H and O–H groups in total. The Morgan fingerprint density at radius 1 is 1.00 bits per heavy atom. The number of imidazole rings is 1. The molecule has 0 radical (unpaired) electrons.